The highest BCUT2D eigenvalue weighted by Gasteiger charge is 2.51. The van der Waals surface area contributed by atoms with Crippen molar-refractivity contribution in [1.82, 2.24) is 4.90 Å². The molecule has 2 N–H and O–H groups in total. The predicted octanol–water partition coefficient (Wildman–Crippen LogP) is 4.59. The molecule has 0 radical (unpaired) electrons. The number of imide groups is 1. The minimum Gasteiger partial charge on any atom is -0.385 e. The largest absolute Gasteiger partial charge is 0.385 e. The Bertz CT molecular complexity index is 845. The maximum Gasteiger partial charge on any atom is 0.247 e. The number of carbonyl (C=O) groups excluding carboxylic acids is 3. The Balaban J connectivity index is 1.42. The summed E-state index contributed by atoms with van der Waals surface area (Å²) < 4.78 is 0. The molecular weight excluding hydrogens is 402 g/mol. The molecule has 3 unspecified atom stereocenters. The molecule has 2 aliphatic carbocycles. The Labute approximate surface area is 190 Å². The monoisotopic (exact) mass is 437 g/mol. The number of allylic oxidation sites excluding steroid dienone is 2. The first-order chi connectivity index (χ1) is 15.4. The van der Waals surface area contributed by atoms with E-state index in [0.717, 1.165) is 18.2 Å². The molecule has 1 aliphatic heterocycles. The standard InChI is InChI=1S/C26H35N3O3/c1-17(2)15-23(29-25(31)21-9-5-6-10-22(21)26(29)32)24(30)28-20-13-11-19(12-14-20)27-16-18-7-3-4-8-18/h5-6,11-14,17-18,21-23,27H,3-4,7-10,15-16H2,1-2H3,(H,28,30). The third-order valence-electron chi connectivity index (χ3n) is 7.07. The number of anilines is 2. The number of benzene rings is 1. The highest BCUT2D eigenvalue weighted by Crippen LogP contribution is 2.37. The van der Waals surface area contributed by atoms with Crippen LogP contribution in [0.1, 0.15) is 58.8 Å². The van der Waals surface area contributed by atoms with E-state index in [1.807, 2.05) is 50.3 Å². The zero-order valence-corrected chi connectivity index (χ0v) is 19.2. The number of hydrogen-bond donors (Lipinski definition) is 2. The van der Waals surface area contributed by atoms with Crippen LogP contribution in [0.4, 0.5) is 11.4 Å². The molecule has 1 aromatic rings. The lowest BCUT2D eigenvalue weighted by molar-refractivity contribution is -0.147. The lowest BCUT2D eigenvalue weighted by Gasteiger charge is -2.27. The Kier molecular flexibility index (Phi) is 6.97. The lowest BCUT2D eigenvalue weighted by Crippen LogP contribution is -2.48. The molecule has 6 nitrogen and oxygen atoms in total. The Morgan fingerprint density at radius 2 is 1.53 bits per heavy atom. The van der Waals surface area contributed by atoms with Crippen LogP contribution >= 0.6 is 0 Å². The topological polar surface area (TPSA) is 78.5 Å². The van der Waals surface area contributed by atoms with Crippen molar-refractivity contribution in [1.29, 1.82) is 0 Å². The maximum atomic E-state index is 13.2. The summed E-state index contributed by atoms with van der Waals surface area (Å²) >= 11 is 0. The van der Waals surface area contributed by atoms with Crippen molar-refractivity contribution in [2.45, 2.75) is 64.8 Å². The van der Waals surface area contributed by atoms with Crippen molar-refractivity contribution in [2.75, 3.05) is 17.2 Å². The van der Waals surface area contributed by atoms with Crippen molar-refractivity contribution in [3.05, 3.63) is 36.4 Å². The molecule has 3 amide bonds. The summed E-state index contributed by atoms with van der Waals surface area (Å²) in [4.78, 5) is 40.6. The van der Waals surface area contributed by atoms with Gasteiger partial charge in [0.2, 0.25) is 17.7 Å². The van der Waals surface area contributed by atoms with Gasteiger partial charge in [-0.25, -0.2) is 0 Å². The average molecular weight is 438 g/mol. The zero-order chi connectivity index (χ0) is 22.7. The fraction of sp³-hybridized carbons (Fsp3) is 0.577. The molecule has 6 heteroatoms. The lowest BCUT2D eigenvalue weighted by atomic mass is 9.85. The number of likely N-dealkylation sites (tertiary alicyclic amines) is 1. The quantitative estimate of drug-likeness (QED) is 0.460. The molecule has 1 aromatic carbocycles. The summed E-state index contributed by atoms with van der Waals surface area (Å²) in [5, 5.41) is 6.43. The Hall–Kier alpha value is -2.63. The normalized spacial score (nSPS) is 24.2. The van der Waals surface area contributed by atoms with E-state index >= 15 is 0 Å². The molecule has 2 fully saturated rings. The van der Waals surface area contributed by atoms with Gasteiger partial charge >= 0.3 is 0 Å². The van der Waals surface area contributed by atoms with Crippen LogP contribution in [-0.4, -0.2) is 35.2 Å². The molecule has 3 aliphatic rings. The summed E-state index contributed by atoms with van der Waals surface area (Å²) in [6, 6.07) is 6.90. The Morgan fingerprint density at radius 1 is 0.969 bits per heavy atom. The van der Waals surface area contributed by atoms with Gasteiger partial charge in [-0.1, -0.05) is 38.8 Å². The summed E-state index contributed by atoms with van der Waals surface area (Å²) in [6.45, 7) is 4.99. The summed E-state index contributed by atoms with van der Waals surface area (Å²) in [7, 11) is 0. The molecular formula is C26H35N3O3. The van der Waals surface area contributed by atoms with E-state index < -0.39 is 6.04 Å². The second kappa shape index (κ2) is 9.88. The minimum atomic E-state index is -0.777. The molecule has 32 heavy (non-hydrogen) atoms. The van der Waals surface area contributed by atoms with Crippen LogP contribution in [0.15, 0.2) is 36.4 Å². The number of nitrogens with zero attached hydrogens (tertiary/aromatic N) is 1. The smallest absolute Gasteiger partial charge is 0.247 e. The third-order valence-corrected chi connectivity index (χ3v) is 7.07. The van der Waals surface area contributed by atoms with Gasteiger partial charge in [0.1, 0.15) is 6.04 Å². The number of amides is 3. The molecule has 0 spiro atoms. The van der Waals surface area contributed by atoms with Gasteiger partial charge in [-0.3, -0.25) is 19.3 Å². The van der Waals surface area contributed by atoms with Crippen LogP contribution in [-0.2, 0) is 14.4 Å². The first-order valence-electron chi connectivity index (χ1n) is 12.1. The number of fused-ring (bicyclic) bond motifs is 1. The summed E-state index contributed by atoms with van der Waals surface area (Å²) in [5.74, 6) is -0.401. The molecule has 4 rings (SSSR count). The van der Waals surface area contributed by atoms with Gasteiger partial charge in [-0.2, -0.15) is 0 Å². The first kappa shape index (κ1) is 22.6. The van der Waals surface area contributed by atoms with Gasteiger partial charge < -0.3 is 10.6 Å². The first-order valence-corrected chi connectivity index (χ1v) is 12.1. The van der Waals surface area contributed by atoms with E-state index in [9.17, 15) is 14.4 Å². The van der Waals surface area contributed by atoms with Crippen LogP contribution in [0.25, 0.3) is 0 Å². The second-order valence-corrected chi connectivity index (χ2v) is 9.95. The van der Waals surface area contributed by atoms with Crippen LogP contribution in [0.3, 0.4) is 0 Å². The van der Waals surface area contributed by atoms with Gasteiger partial charge in [0.05, 0.1) is 11.8 Å². The Morgan fingerprint density at radius 3 is 2.09 bits per heavy atom. The van der Waals surface area contributed by atoms with E-state index in [1.54, 1.807) is 0 Å². The van der Waals surface area contributed by atoms with Crippen molar-refractivity contribution in [2.24, 2.45) is 23.7 Å². The van der Waals surface area contributed by atoms with Crippen LogP contribution in [0, 0.1) is 23.7 Å². The SMILES string of the molecule is CC(C)CC(C(=O)Nc1ccc(NCC2CCCC2)cc1)N1C(=O)C2CC=CCC2C1=O. The third kappa shape index (κ3) is 4.89. The van der Waals surface area contributed by atoms with E-state index in [4.69, 9.17) is 0 Å². The number of carbonyl (C=O) groups is 3. The van der Waals surface area contributed by atoms with Gasteiger partial charge in [0.15, 0.2) is 0 Å². The van der Waals surface area contributed by atoms with Crippen LogP contribution < -0.4 is 10.6 Å². The molecule has 172 valence electrons. The molecule has 0 aromatic heterocycles. The number of hydrogen-bond acceptors (Lipinski definition) is 4. The van der Waals surface area contributed by atoms with Crippen LogP contribution in [0.5, 0.6) is 0 Å². The minimum absolute atomic E-state index is 0.175. The average Bonchev–Trinajstić information content (AvgIpc) is 3.39. The van der Waals surface area contributed by atoms with E-state index in [2.05, 4.69) is 10.6 Å². The highest BCUT2D eigenvalue weighted by atomic mass is 16.2. The van der Waals surface area contributed by atoms with Crippen molar-refractivity contribution >= 4 is 29.1 Å². The van der Waals surface area contributed by atoms with Crippen molar-refractivity contribution in [3.8, 4) is 0 Å². The summed E-state index contributed by atoms with van der Waals surface area (Å²) in [5.41, 5.74) is 1.71. The van der Waals surface area contributed by atoms with Gasteiger partial charge in [0, 0.05) is 17.9 Å². The maximum absolute atomic E-state index is 13.2. The van der Waals surface area contributed by atoms with Gasteiger partial charge in [0.25, 0.3) is 0 Å². The number of rotatable bonds is 8. The van der Waals surface area contributed by atoms with E-state index in [1.165, 1.54) is 30.6 Å². The fourth-order valence-electron chi connectivity index (χ4n) is 5.28. The van der Waals surface area contributed by atoms with E-state index in [-0.39, 0.29) is 35.5 Å². The highest BCUT2D eigenvalue weighted by molar-refractivity contribution is 6.10. The molecule has 1 heterocycles. The van der Waals surface area contributed by atoms with Crippen molar-refractivity contribution in [3.63, 3.8) is 0 Å². The number of nitrogens with one attached hydrogen (secondary N) is 2. The molecule has 3 atom stereocenters. The predicted molar refractivity (Wildman–Crippen MR) is 126 cm³/mol. The van der Waals surface area contributed by atoms with Gasteiger partial charge in [-0.05, 0) is 68.2 Å². The van der Waals surface area contributed by atoms with Crippen LogP contribution in [0.2, 0.25) is 0 Å². The van der Waals surface area contributed by atoms with Crippen molar-refractivity contribution < 1.29 is 14.4 Å². The fourth-order valence-corrected chi connectivity index (χ4v) is 5.28. The molecule has 0 bridgehead atoms. The van der Waals surface area contributed by atoms with Gasteiger partial charge in [-0.15, -0.1) is 0 Å². The molecule has 1 saturated heterocycles. The van der Waals surface area contributed by atoms with E-state index in [0.29, 0.717) is 24.9 Å². The summed E-state index contributed by atoms with van der Waals surface area (Å²) in [6.07, 6.45) is 10.8. The second-order valence-electron chi connectivity index (χ2n) is 9.95. The zero-order valence-electron chi connectivity index (χ0n) is 19.2. The molecule has 1 saturated carbocycles.